The predicted octanol–water partition coefficient (Wildman–Crippen LogP) is 2.04. The van der Waals surface area contributed by atoms with Gasteiger partial charge in [-0.2, -0.15) is 9.49 Å². The highest BCUT2D eigenvalue weighted by Gasteiger charge is 2.17. The summed E-state index contributed by atoms with van der Waals surface area (Å²) in [4.78, 5) is 0. The van der Waals surface area contributed by atoms with Crippen molar-refractivity contribution in [2.45, 2.75) is 45.9 Å². The molecule has 1 saturated heterocycles. The van der Waals surface area contributed by atoms with Crippen molar-refractivity contribution in [3.05, 3.63) is 17.2 Å². The van der Waals surface area contributed by atoms with Crippen molar-refractivity contribution in [2.75, 3.05) is 13.2 Å². The second-order valence-corrected chi connectivity index (χ2v) is 4.44. The van der Waals surface area contributed by atoms with Crippen LogP contribution in [0.1, 0.15) is 31.0 Å². The van der Waals surface area contributed by atoms with Crippen LogP contribution in [0.2, 0.25) is 0 Å². The Bertz CT molecular complexity index is 378. The number of aromatic nitrogens is 2. The summed E-state index contributed by atoms with van der Waals surface area (Å²) in [6.07, 6.45) is 2.52. The summed E-state index contributed by atoms with van der Waals surface area (Å²) in [5.41, 5.74) is 1.44. The van der Waals surface area contributed by atoms with Gasteiger partial charge in [0.05, 0.1) is 11.8 Å². The first kappa shape index (κ1) is 15.4. The monoisotopic (exact) mass is 277 g/mol. The second-order valence-electron chi connectivity index (χ2n) is 4.44. The summed E-state index contributed by atoms with van der Waals surface area (Å²) >= 11 is 0. The van der Waals surface area contributed by atoms with Crippen LogP contribution >= 0.6 is 12.4 Å². The maximum atomic E-state index is 13.8. The van der Waals surface area contributed by atoms with Crippen LogP contribution < -0.4 is 5.32 Å². The molecule has 2 rings (SSSR count). The lowest BCUT2D eigenvalue weighted by atomic mass is 10.2. The Morgan fingerprint density at radius 1 is 1.56 bits per heavy atom. The van der Waals surface area contributed by atoms with Gasteiger partial charge in [-0.25, -0.2) is 4.68 Å². The molecule has 1 N–H and O–H groups in total. The van der Waals surface area contributed by atoms with Crippen molar-refractivity contribution in [1.29, 1.82) is 0 Å². The molecule has 6 heteroatoms. The maximum absolute atomic E-state index is 13.8. The molecule has 1 atom stereocenters. The number of rotatable bonds is 5. The van der Waals surface area contributed by atoms with Crippen molar-refractivity contribution >= 4 is 12.4 Å². The molecule has 1 aliphatic heterocycles. The molecule has 0 aliphatic carbocycles. The number of nitrogens with one attached hydrogen (secondary N) is 1. The largest absolute Gasteiger partial charge is 0.377 e. The average Bonchev–Trinajstić information content (AvgIpc) is 2.91. The average molecular weight is 278 g/mol. The van der Waals surface area contributed by atoms with E-state index in [1.165, 1.54) is 4.68 Å². The van der Waals surface area contributed by atoms with E-state index in [0.29, 0.717) is 24.8 Å². The lowest BCUT2D eigenvalue weighted by molar-refractivity contribution is 0.110. The number of aryl methyl sites for hydroxylation is 2. The van der Waals surface area contributed by atoms with Crippen LogP contribution in [0.4, 0.5) is 4.39 Å². The quantitative estimate of drug-likeness (QED) is 0.895. The molecule has 0 bridgehead atoms. The highest BCUT2D eigenvalue weighted by molar-refractivity contribution is 5.85. The smallest absolute Gasteiger partial charge is 0.216 e. The Kier molecular flexibility index (Phi) is 6.05. The third-order valence-electron chi connectivity index (χ3n) is 3.18. The highest BCUT2D eigenvalue weighted by atomic mass is 35.5. The lowest BCUT2D eigenvalue weighted by Gasteiger charge is -2.10. The molecule has 104 valence electrons. The van der Waals surface area contributed by atoms with Gasteiger partial charge < -0.3 is 10.1 Å². The van der Waals surface area contributed by atoms with Gasteiger partial charge >= 0.3 is 0 Å². The first-order valence-corrected chi connectivity index (χ1v) is 6.26. The number of halogens is 2. The van der Waals surface area contributed by atoms with Crippen LogP contribution in [-0.2, 0) is 17.8 Å². The second kappa shape index (κ2) is 7.07. The van der Waals surface area contributed by atoms with Crippen LogP contribution in [0.15, 0.2) is 0 Å². The minimum atomic E-state index is -0.218. The highest BCUT2D eigenvalue weighted by Crippen LogP contribution is 2.13. The van der Waals surface area contributed by atoms with Crippen molar-refractivity contribution in [3.63, 3.8) is 0 Å². The normalized spacial score (nSPS) is 18.9. The molecule has 1 fully saturated rings. The molecule has 1 aromatic rings. The Hall–Kier alpha value is -0.650. The van der Waals surface area contributed by atoms with Gasteiger partial charge in [-0.3, -0.25) is 0 Å². The van der Waals surface area contributed by atoms with E-state index < -0.39 is 0 Å². The summed E-state index contributed by atoms with van der Waals surface area (Å²) in [5.74, 6) is -0.218. The Labute approximate surface area is 113 Å². The summed E-state index contributed by atoms with van der Waals surface area (Å²) in [7, 11) is 0. The molecular weight excluding hydrogens is 257 g/mol. The van der Waals surface area contributed by atoms with Gasteiger partial charge in [-0.05, 0) is 26.7 Å². The number of ether oxygens (including phenoxy) is 1. The fourth-order valence-corrected chi connectivity index (χ4v) is 2.16. The Morgan fingerprint density at radius 3 is 2.89 bits per heavy atom. The summed E-state index contributed by atoms with van der Waals surface area (Å²) in [5, 5.41) is 7.39. The summed E-state index contributed by atoms with van der Waals surface area (Å²) in [6, 6.07) is 0. The van der Waals surface area contributed by atoms with E-state index in [1.54, 1.807) is 0 Å². The molecule has 1 aromatic heterocycles. The van der Waals surface area contributed by atoms with Crippen molar-refractivity contribution < 1.29 is 9.13 Å². The minimum absolute atomic E-state index is 0. The van der Waals surface area contributed by atoms with Crippen LogP contribution in [0.25, 0.3) is 0 Å². The fourth-order valence-electron chi connectivity index (χ4n) is 2.16. The maximum Gasteiger partial charge on any atom is 0.216 e. The van der Waals surface area contributed by atoms with Crippen molar-refractivity contribution in [3.8, 4) is 0 Å². The molecule has 2 heterocycles. The van der Waals surface area contributed by atoms with E-state index in [2.05, 4.69) is 10.4 Å². The standard InChI is InChI=1S/C12H20FN3O.ClH/c1-3-16-12(13)11(9(2)15-16)8-14-7-10-5-4-6-17-10;/h10,14H,3-8H2,1-2H3;1H. The van der Waals surface area contributed by atoms with Gasteiger partial charge in [0, 0.05) is 31.8 Å². The van der Waals surface area contributed by atoms with Gasteiger partial charge in [-0.1, -0.05) is 0 Å². The van der Waals surface area contributed by atoms with Gasteiger partial charge in [0.2, 0.25) is 5.95 Å². The van der Waals surface area contributed by atoms with Crippen molar-refractivity contribution in [1.82, 2.24) is 15.1 Å². The molecule has 0 amide bonds. The summed E-state index contributed by atoms with van der Waals surface area (Å²) in [6.45, 7) is 6.47. The number of hydrogen-bond acceptors (Lipinski definition) is 3. The molecule has 0 saturated carbocycles. The summed E-state index contributed by atoms with van der Waals surface area (Å²) < 4.78 is 20.7. The SMILES string of the molecule is CCn1nc(C)c(CNCC2CCCO2)c1F.Cl. The fraction of sp³-hybridized carbons (Fsp3) is 0.750. The predicted molar refractivity (Wildman–Crippen MR) is 70.5 cm³/mol. The van der Waals surface area contributed by atoms with E-state index in [-0.39, 0.29) is 18.4 Å². The zero-order valence-corrected chi connectivity index (χ0v) is 11.7. The Morgan fingerprint density at radius 2 is 2.33 bits per heavy atom. The first-order chi connectivity index (χ1) is 8.22. The Balaban J connectivity index is 0.00000162. The molecule has 1 unspecified atom stereocenters. The van der Waals surface area contributed by atoms with E-state index in [9.17, 15) is 4.39 Å². The van der Waals surface area contributed by atoms with E-state index in [4.69, 9.17) is 4.74 Å². The lowest BCUT2D eigenvalue weighted by Crippen LogP contribution is -2.26. The van der Waals surface area contributed by atoms with Crippen LogP contribution in [-0.4, -0.2) is 29.0 Å². The topological polar surface area (TPSA) is 39.1 Å². The van der Waals surface area contributed by atoms with Gasteiger partial charge in [0.25, 0.3) is 0 Å². The first-order valence-electron chi connectivity index (χ1n) is 6.26. The molecule has 1 aliphatic rings. The van der Waals surface area contributed by atoms with Gasteiger partial charge in [0.1, 0.15) is 0 Å². The molecule has 0 spiro atoms. The third-order valence-corrected chi connectivity index (χ3v) is 3.18. The van der Waals surface area contributed by atoms with E-state index >= 15 is 0 Å². The zero-order chi connectivity index (χ0) is 12.3. The van der Waals surface area contributed by atoms with Crippen LogP contribution in [0, 0.1) is 12.9 Å². The molecule has 0 aromatic carbocycles. The molecular formula is C12H21ClFN3O. The van der Waals surface area contributed by atoms with Gasteiger partial charge in [0.15, 0.2) is 0 Å². The molecule has 4 nitrogen and oxygen atoms in total. The minimum Gasteiger partial charge on any atom is -0.377 e. The third kappa shape index (κ3) is 3.43. The molecule has 18 heavy (non-hydrogen) atoms. The number of nitrogens with zero attached hydrogens (tertiary/aromatic N) is 2. The zero-order valence-electron chi connectivity index (χ0n) is 10.9. The van der Waals surface area contributed by atoms with Crippen molar-refractivity contribution in [2.24, 2.45) is 0 Å². The number of hydrogen-bond donors (Lipinski definition) is 1. The van der Waals surface area contributed by atoms with Gasteiger partial charge in [-0.15, -0.1) is 12.4 Å². The van der Waals surface area contributed by atoms with Crippen LogP contribution in [0.5, 0.6) is 0 Å². The van der Waals surface area contributed by atoms with Crippen LogP contribution in [0.3, 0.4) is 0 Å². The van der Waals surface area contributed by atoms with E-state index in [1.807, 2.05) is 13.8 Å². The molecule has 0 radical (unpaired) electrons. The van der Waals surface area contributed by atoms with E-state index in [0.717, 1.165) is 31.7 Å².